The molecule has 0 radical (unpaired) electrons. The first-order valence-corrected chi connectivity index (χ1v) is 7.76. The van der Waals surface area contributed by atoms with Crippen LogP contribution in [0.5, 0.6) is 0 Å². The number of ether oxygens (including phenoxy) is 1. The Bertz CT molecular complexity index is 648. The van der Waals surface area contributed by atoms with Gasteiger partial charge in [-0.1, -0.05) is 6.08 Å². The summed E-state index contributed by atoms with van der Waals surface area (Å²) in [7, 11) is 0. The minimum absolute atomic E-state index is 0.286. The predicted octanol–water partition coefficient (Wildman–Crippen LogP) is 2.69. The second kappa shape index (κ2) is 5.14. The summed E-state index contributed by atoms with van der Waals surface area (Å²) in [6.07, 6.45) is 6.15. The van der Waals surface area contributed by atoms with Gasteiger partial charge in [-0.05, 0) is 49.8 Å². The molecule has 1 atom stereocenters. The smallest absolute Gasteiger partial charge is 0.411 e. The summed E-state index contributed by atoms with van der Waals surface area (Å²) >= 11 is 1.50. The van der Waals surface area contributed by atoms with Gasteiger partial charge < -0.3 is 4.74 Å². The first kappa shape index (κ1) is 14.1. The zero-order valence-electron chi connectivity index (χ0n) is 11.9. The van der Waals surface area contributed by atoms with Crippen LogP contribution in [0, 0.1) is 10.3 Å². The van der Waals surface area contributed by atoms with Crippen molar-refractivity contribution in [3.63, 3.8) is 0 Å². The number of nitroso groups, excluding NO2 is 1. The molecule has 0 aromatic rings. The zero-order valence-corrected chi connectivity index (χ0v) is 12.7. The second-order valence-electron chi connectivity index (χ2n) is 5.22. The molecule has 1 unspecified atom stereocenters. The Labute approximate surface area is 126 Å². The zero-order chi connectivity index (χ0) is 15.0. The quantitative estimate of drug-likeness (QED) is 0.796. The number of carbonyl (C=O) groups excluding carboxylic acids is 1. The maximum absolute atomic E-state index is 11.5. The normalized spacial score (nSPS) is 26.9. The first-order valence-electron chi connectivity index (χ1n) is 6.77. The van der Waals surface area contributed by atoms with E-state index in [1.165, 1.54) is 11.8 Å². The van der Waals surface area contributed by atoms with E-state index >= 15 is 0 Å². The number of fused-ring (bicyclic) bond motifs is 3. The molecule has 0 spiro atoms. The molecule has 1 amide bonds. The number of hydrogen-bond acceptors (Lipinski definition) is 4. The molecule has 0 aromatic heterocycles. The number of hydrogen-bond donors (Lipinski definition) is 1. The Morgan fingerprint density at radius 1 is 1.57 bits per heavy atom. The molecule has 1 aliphatic heterocycles. The van der Waals surface area contributed by atoms with Crippen molar-refractivity contribution in [2.24, 2.45) is 10.5 Å². The van der Waals surface area contributed by atoms with Gasteiger partial charge >= 0.3 is 6.09 Å². The van der Waals surface area contributed by atoms with E-state index in [2.05, 4.69) is 23.4 Å². The van der Waals surface area contributed by atoms with Gasteiger partial charge in [0.15, 0.2) is 4.87 Å². The molecular formula is C14H16N3O3S+. The number of thioether (sulfide) groups is 1. The maximum atomic E-state index is 11.5. The fraction of sp³-hybridized carbons (Fsp3) is 0.429. The second-order valence-corrected chi connectivity index (χ2v) is 6.21. The fourth-order valence-electron chi connectivity index (χ4n) is 2.64. The van der Waals surface area contributed by atoms with Crippen LogP contribution in [0.2, 0.25) is 0 Å². The van der Waals surface area contributed by atoms with E-state index in [1.807, 2.05) is 12.2 Å². The summed E-state index contributed by atoms with van der Waals surface area (Å²) in [4.78, 5) is 24.7. The highest BCUT2D eigenvalue weighted by atomic mass is 32.2. The van der Waals surface area contributed by atoms with Gasteiger partial charge in [0.2, 0.25) is 0 Å². The van der Waals surface area contributed by atoms with Crippen molar-refractivity contribution in [2.45, 2.75) is 20.3 Å². The molecule has 0 saturated heterocycles. The van der Waals surface area contributed by atoms with Crippen LogP contribution < -0.4 is 5.32 Å². The Kier molecular flexibility index (Phi) is 3.44. The van der Waals surface area contributed by atoms with Crippen molar-refractivity contribution < 1.29 is 14.4 Å². The number of alkyl carbamates (subject to hydrolysis) is 1. The lowest BCUT2D eigenvalue weighted by Gasteiger charge is -2.29. The van der Waals surface area contributed by atoms with Crippen LogP contribution in [0.25, 0.3) is 0 Å². The van der Waals surface area contributed by atoms with Gasteiger partial charge in [-0.25, -0.2) is 4.79 Å². The van der Waals surface area contributed by atoms with Crippen molar-refractivity contribution in [2.75, 3.05) is 12.5 Å². The molecule has 110 valence electrons. The SMILES string of the molecule is CCOC(=O)NC1=CCC2(C)C(=C1)C=C1SC[N+](=O)N=C12. The van der Waals surface area contributed by atoms with Crippen LogP contribution in [0.4, 0.5) is 4.79 Å². The third-order valence-electron chi connectivity index (χ3n) is 3.78. The van der Waals surface area contributed by atoms with Crippen LogP contribution in [0.1, 0.15) is 20.3 Å². The Morgan fingerprint density at radius 2 is 2.38 bits per heavy atom. The monoisotopic (exact) mass is 306 g/mol. The van der Waals surface area contributed by atoms with E-state index in [1.54, 1.807) is 6.92 Å². The van der Waals surface area contributed by atoms with E-state index < -0.39 is 6.09 Å². The van der Waals surface area contributed by atoms with E-state index in [-0.39, 0.29) is 5.41 Å². The highest BCUT2D eigenvalue weighted by Gasteiger charge is 2.46. The lowest BCUT2D eigenvalue weighted by molar-refractivity contribution is -0.535. The molecule has 1 N–H and O–H groups in total. The summed E-state index contributed by atoms with van der Waals surface area (Å²) in [6, 6.07) is 0. The standard InChI is InChI=1S/C14H15N3O3S/c1-3-20-13(18)15-10-4-5-14(2)9(6-10)7-11-12(14)16-17(19)8-21-11/h4,6-7H,3,5,8H2,1-2H3/p+1. The van der Waals surface area contributed by atoms with Crippen LogP contribution in [0.3, 0.4) is 0 Å². The Hall–Kier alpha value is -1.89. The third kappa shape index (κ3) is 2.42. The Morgan fingerprint density at radius 3 is 3.14 bits per heavy atom. The number of hydrazone groups is 1. The highest BCUT2D eigenvalue weighted by molar-refractivity contribution is 8.03. The molecule has 6 nitrogen and oxygen atoms in total. The molecule has 0 bridgehead atoms. The van der Waals surface area contributed by atoms with E-state index in [4.69, 9.17) is 4.74 Å². The largest absolute Gasteiger partial charge is 0.450 e. The van der Waals surface area contributed by atoms with E-state index in [0.717, 1.165) is 26.8 Å². The van der Waals surface area contributed by atoms with Gasteiger partial charge in [0, 0.05) is 21.1 Å². The van der Waals surface area contributed by atoms with Gasteiger partial charge in [0.05, 0.1) is 11.5 Å². The molecule has 7 heteroatoms. The topological polar surface area (TPSA) is 70.8 Å². The van der Waals surface area contributed by atoms with E-state index in [9.17, 15) is 9.70 Å². The van der Waals surface area contributed by atoms with Crippen molar-refractivity contribution in [1.29, 1.82) is 0 Å². The average Bonchev–Trinajstić information content (AvgIpc) is 2.72. The summed E-state index contributed by atoms with van der Waals surface area (Å²) in [5.41, 5.74) is 2.33. The fourth-order valence-corrected chi connectivity index (χ4v) is 3.56. The molecule has 0 aromatic carbocycles. The van der Waals surface area contributed by atoms with Crippen molar-refractivity contribution in [1.82, 2.24) is 5.32 Å². The minimum Gasteiger partial charge on any atom is -0.450 e. The molecular weight excluding hydrogens is 290 g/mol. The summed E-state index contributed by atoms with van der Waals surface area (Å²) in [5, 5.41) is 6.85. The number of allylic oxidation sites excluding steroid dienone is 5. The number of amides is 1. The number of rotatable bonds is 2. The minimum atomic E-state index is -0.454. The highest BCUT2D eigenvalue weighted by Crippen LogP contribution is 2.49. The Balaban J connectivity index is 1.86. The van der Waals surface area contributed by atoms with Crippen molar-refractivity contribution in [3.05, 3.63) is 39.3 Å². The van der Waals surface area contributed by atoms with Gasteiger partial charge in [-0.2, -0.15) is 0 Å². The number of carbonyl (C=O) groups is 1. The van der Waals surface area contributed by atoms with Gasteiger partial charge in [-0.3, -0.25) is 5.32 Å². The molecule has 3 aliphatic rings. The molecule has 21 heavy (non-hydrogen) atoms. The van der Waals surface area contributed by atoms with Crippen LogP contribution >= 0.6 is 11.8 Å². The first-order chi connectivity index (χ1) is 10.0. The van der Waals surface area contributed by atoms with Gasteiger partial charge in [-0.15, -0.1) is 0 Å². The summed E-state index contributed by atoms with van der Waals surface area (Å²) < 4.78 is 4.88. The lowest BCUT2D eigenvalue weighted by Crippen LogP contribution is -2.32. The maximum Gasteiger partial charge on any atom is 0.411 e. The van der Waals surface area contributed by atoms with E-state index in [0.29, 0.717) is 18.9 Å². The molecule has 0 fully saturated rings. The van der Waals surface area contributed by atoms with Crippen LogP contribution in [-0.2, 0) is 4.74 Å². The average molecular weight is 306 g/mol. The third-order valence-corrected chi connectivity index (χ3v) is 4.76. The number of nitrogens with zero attached hydrogens (tertiary/aromatic N) is 2. The van der Waals surface area contributed by atoms with Crippen LogP contribution in [-0.4, -0.2) is 29.2 Å². The van der Waals surface area contributed by atoms with Crippen LogP contribution in [0.15, 0.2) is 39.5 Å². The van der Waals surface area contributed by atoms with Crippen molar-refractivity contribution in [3.8, 4) is 0 Å². The van der Waals surface area contributed by atoms with Gasteiger partial charge in [0.1, 0.15) is 5.71 Å². The summed E-state index contributed by atoms with van der Waals surface area (Å²) in [6.45, 7) is 4.17. The lowest BCUT2D eigenvalue weighted by atomic mass is 9.76. The summed E-state index contributed by atoms with van der Waals surface area (Å²) in [5.74, 6) is 0.319. The molecule has 2 aliphatic carbocycles. The predicted molar refractivity (Wildman–Crippen MR) is 80.7 cm³/mol. The number of nitrogens with one attached hydrogen (secondary N) is 1. The van der Waals surface area contributed by atoms with Gasteiger partial charge in [0.25, 0.3) is 5.88 Å². The molecule has 1 heterocycles. The molecule has 3 rings (SSSR count). The van der Waals surface area contributed by atoms with Crippen molar-refractivity contribution >= 4 is 23.6 Å². The molecule has 0 saturated carbocycles.